The molecule has 1 fully saturated rings. The first-order valence-electron chi connectivity index (χ1n) is 10.5. The van der Waals surface area contributed by atoms with E-state index in [1.54, 1.807) is 13.3 Å². The Kier molecular flexibility index (Phi) is 4.62. The number of fused-ring (bicyclic) bond motifs is 2. The molecular weight excluding hydrogens is 366 g/mol. The van der Waals surface area contributed by atoms with Gasteiger partial charge in [0.1, 0.15) is 17.0 Å². The zero-order valence-corrected chi connectivity index (χ0v) is 17.0. The summed E-state index contributed by atoms with van der Waals surface area (Å²) in [6.07, 6.45) is 6.41. The Bertz CT molecular complexity index is 1080. The molecule has 152 valence electrons. The molecule has 1 saturated carbocycles. The summed E-state index contributed by atoms with van der Waals surface area (Å²) in [4.78, 5) is 20.4. The minimum atomic E-state index is 0.0465. The fraction of sp³-hybridized carbons (Fsp3) is 0.500. The molecule has 1 aliphatic carbocycles. The molecule has 1 unspecified atom stereocenters. The van der Waals surface area contributed by atoms with Gasteiger partial charge in [-0.15, -0.1) is 0 Å². The van der Waals surface area contributed by atoms with Crippen LogP contribution in [0.1, 0.15) is 50.0 Å². The molecule has 3 aromatic rings. The first-order valence-corrected chi connectivity index (χ1v) is 10.5. The molecule has 7 heteroatoms. The van der Waals surface area contributed by atoms with Gasteiger partial charge in [0.25, 0.3) is 5.56 Å². The van der Waals surface area contributed by atoms with Gasteiger partial charge in [0.05, 0.1) is 25.9 Å². The monoisotopic (exact) mass is 393 g/mol. The van der Waals surface area contributed by atoms with Crippen molar-refractivity contribution in [3.8, 4) is 5.75 Å². The second-order valence-electron chi connectivity index (χ2n) is 8.31. The first kappa shape index (κ1) is 18.4. The number of hydrogen-bond acceptors (Lipinski definition) is 5. The van der Waals surface area contributed by atoms with Crippen LogP contribution in [-0.2, 0) is 19.6 Å². The van der Waals surface area contributed by atoms with Crippen LogP contribution in [0.4, 0.5) is 0 Å². The van der Waals surface area contributed by atoms with Crippen molar-refractivity contribution in [2.45, 2.75) is 64.3 Å². The van der Waals surface area contributed by atoms with Gasteiger partial charge >= 0.3 is 0 Å². The van der Waals surface area contributed by atoms with E-state index >= 15 is 0 Å². The number of aromatic nitrogens is 4. The Hall–Kier alpha value is -2.67. The fourth-order valence-corrected chi connectivity index (χ4v) is 4.68. The van der Waals surface area contributed by atoms with Crippen molar-refractivity contribution in [1.29, 1.82) is 0 Å². The van der Waals surface area contributed by atoms with Gasteiger partial charge in [-0.3, -0.25) is 14.3 Å². The molecule has 7 nitrogen and oxygen atoms in total. The van der Waals surface area contributed by atoms with E-state index < -0.39 is 0 Å². The zero-order chi connectivity index (χ0) is 20.0. The lowest BCUT2D eigenvalue weighted by molar-refractivity contribution is 0.137. The lowest BCUT2D eigenvalue weighted by atomic mass is 10.1. The van der Waals surface area contributed by atoms with Crippen LogP contribution in [0.3, 0.4) is 0 Å². The molecule has 0 amide bonds. The van der Waals surface area contributed by atoms with Crippen molar-refractivity contribution < 1.29 is 4.74 Å². The molecule has 0 saturated heterocycles. The second kappa shape index (κ2) is 7.30. The lowest BCUT2D eigenvalue weighted by Crippen LogP contribution is -2.45. The lowest BCUT2D eigenvalue weighted by Gasteiger charge is -2.35. The van der Waals surface area contributed by atoms with E-state index in [4.69, 9.17) is 9.72 Å². The second-order valence-corrected chi connectivity index (χ2v) is 8.31. The van der Waals surface area contributed by atoms with Crippen LogP contribution < -0.4 is 10.3 Å². The number of rotatable bonds is 4. The largest absolute Gasteiger partial charge is 0.497 e. The predicted octanol–water partition coefficient (Wildman–Crippen LogP) is 3.12. The molecule has 2 aliphatic rings. The molecule has 29 heavy (non-hydrogen) atoms. The Balaban J connectivity index is 1.47. The molecule has 3 heterocycles. The maximum Gasteiger partial charge on any atom is 0.264 e. The van der Waals surface area contributed by atoms with Crippen molar-refractivity contribution in [1.82, 2.24) is 24.2 Å². The van der Waals surface area contributed by atoms with Gasteiger partial charge < -0.3 is 4.74 Å². The van der Waals surface area contributed by atoms with Crippen LogP contribution in [0.5, 0.6) is 5.75 Å². The molecular formula is C22H27N5O2. The van der Waals surface area contributed by atoms with E-state index in [0.717, 1.165) is 36.6 Å². The third-order valence-electron chi connectivity index (χ3n) is 6.42. The third-order valence-corrected chi connectivity index (χ3v) is 6.42. The first-order chi connectivity index (χ1) is 14.1. The molecule has 0 radical (unpaired) electrons. The number of benzene rings is 1. The van der Waals surface area contributed by atoms with Gasteiger partial charge in [0.15, 0.2) is 5.65 Å². The summed E-state index contributed by atoms with van der Waals surface area (Å²) in [5, 5.41) is 5.20. The minimum absolute atomic E-state index is 0.0465. The summed E-state index contributed by atoms with van der Waals surface area (Å²) in [6.45, 7) is 4.31. The van der Waals surface area contributed by atoms with Crippen LogP contribution in [-0.4, -0.2) is 37.4 Å². The van der Waals surface area contributed by atoms with Crippen molar-refractivity contribution in [3.05, 3.63) is 52.2 Å². The highest BCUT2D eigenvalue weighted by molar-refractivity contribution is 5.73. The van der Waals surface area contributed by atoms with Crippen LogP contribution in [0.15, 0.2) is 35.3 Å². The number of nitrogens with zero attached hydrogens (tertiary/aromatic N) is 5. The molecule has 1 aromatic carbocycles. The maximum atomic E-state index is 13.1. The van der Waals surface area contributed by atoms with E-state index in [0.29, 0.717) is 24.5 Å². The molecule has 0 N–H and O–H groups in total. The van der Waals surface area contributed by atoms with Gasteiger partial charge in [0, 0.05) is 19.1 Å². The molecule has 5 rings (SSSR count). The molecule has 1 aliphatic heterocycles. The topological polar surface area (TPSA) is 65.2 Å². The van der Waals surface area contributed by atoms with Gasteiger partial charge in [-0.05, 0) is 37.5 Å². The van der Waals surface area contributed by atoms with Crippen LogP contribution >= 0.6 is 0 Å². The SMILES string of the molecule is COc1ccc(CN2Cc3nc4c(cnn4C4CCCC4)c(=O)n3CC2C)cc1. The maximum absolute atomic E-state index is 13.1. The smallest absolute Gasteiger partial charge is 0.264 e. The zero-order valence-electron chi connectivity index (χ0n) is 17.0. The Morgan fingerprint density at radius 2 is 1.93 bits per heavy atom. The quantitative estimate of drug-likeness (QED) is 0.681. The van der Waals surface area contributed by atoms with Crippen molar-refractivity contribution in [3.63, 3.8) is 0 Å². The van der Waals surface area contributed by atoms with Crippen LogP contribution in [0, 0.1) is 0 Å². The number of methoxy groups -OCH3 is 1. The van der Waals surface area contributed by atoms with E-state index in [9.17, 15) is 4.79 Å². The summed E-state index contributed by atoms with van der Waals surface area (Å²) in [6, 6.07) is 8.80. The Morgan fingerprint density at radius 3 is 2.66 bits per heavy atom. The van der Waals surface area contributed by atoms with Crippen molar-refractivity contribution in [2.24, 2.45) is 0 Å². The molecule has 1 atom stereocenters. The Labute approximate surface area is 169 Å². The minimum Gasteiger partial charge on any atom is -0.497 e. The third kappa shape index (κ3) is 3.23. The van der Waals surface area contributed by atoms with Crippen molar-refractivity contribution in [2.75, 3.05) is 7.11 Å². The predicted molar refractivity (Wildman–Crippen MR) is 111 cm³/mol. The summed E-state index contributed by atoms with van der Waals surface area (Å²) in [5.74, 6) is 1.70. The molecule has 0 spiro atoms. The average Bonchev–Trinajstić information content (AvgIpc) is 3.40. The molecule has 2 aromatic heterocycles. The number of ether oxygens (including phenoxy) is 1. The van der Waals surface area contributed by atoms with E-state index in [1.165, 1.54) is 18.4 Å². The Morgan fingerprint density at radius 1 is 1.17 bits per heavy atom. The van der Waals surface area contributed by atoms with Crippen LogP contribution in [0.2, 0.25) is 0 Å². The van der Waals surface area contributed by atoms with Crippen molar-refractivity contribution >= 4 is 11.0 Å². The number of hydrogen-bond donors (Lipinski definition) is 0. The summed E-state index contributed by atoms with van der Waals surface area (Å²) in [7, 11) is 1.68. The summed E-state index contributed by atoms with van der Waals surface area (Å²) >= 11 is 0. The highest BCUT2D eigenvalue weighted by atomic mass is 16.5. The normalized spacial score (nSPS) is 20.3. The van der Waals surface area contributed by atoms with E-state index in [1.807, 2.05) is 21.4 Å². The van der Waals surface area contributed by atoms with Gasteiger partial charge in [-0.2, -0.15) is 5.10 Å². The molecule has 0 bridgehead atoms. The average molecular weight is 393 g/mol. The summed E-state index contributed by atoms with van der Waals surface area (Å²) < 4.78 is 9.10. The fourth-order valence-electron chi connectivity index (χ4n) is 4.68. The van der Waals surface area contributed by atoms with Gasteiger partial charge in [-0.25, -0.2) is 9.67 Å². The summed E-state index contributed by atoms with van der Waals surface area (Å²) in [5.41, 5.74) is 2.03. The van der Waals surface area contributed by atoms with Gasteiger partial charge in [0.2, 0.25) is 0 Å². The highest BCUT2D eigenvalue weighted by Gasteiger charge is 2.28. The standard InChI is InChI=1S/C22H27N5O2/c1-15-12-26-20(14-25(15)13-16-7-9-18(29-2)10-8-16)24-21-19(22(26)28)11-23-27(21)17-5-3-4-6-17/h7-11,15,17H,3-6,12-14H2,1-2H3. The van der Waals surface area contributed by atoms with Crippen LogP contribution in [0.25, 0.3) is 11.0 Å². The highest BCUT2D eigenvalue weighted by Crippen LogP contribution is 2.31. The van der Waals surface area contributed by atoms with E-state index in [2.05, 4.69) is 29.1 Å². The van der Waals surface area contributed by atoms with E-state index in [-0.39, 0.29) is 11.6 Å². The van der Waals surface area contributed by atoms with Gasteiger partial charge in [-0.1, -0.05) is 25.0 Å².